The number of hydrogen-bond acceptors (Lipinski definition) is 4. The van der Waals surface area contributed by atoms with Gasteiger partial charge in [-0.3, -0.25) is 14.9 Å². The molecule has 1 aromatic carbocycles. The molecule has 1 aromatic rings. The van der Waals surface area contributed by atoms with Crippen LogP contribution < -0.4 is 11.1 Å². The molecule has 21 heavy (non-hydrogen) atoms. The van der Waals surface area contributed by atoms with Crippen molar-refractivity contribution in [1.82, 2.24) is 5.32 Å². The molecule has 0 bridgehead atoms. The van der Waals surface area contributed by atoms with Gasteiger partial charge in [0.2, 0.25) is 6.41 Å². The van der Waals surface area contributed by atoms with Crippen molar-refractivity contribution in [3.8, 4) is 0 Å². The van der Waals surface area contributed by atoms with Crippen LogP contribution in [0.3, 0.4) is 0 Å². The second kappa shape index (κ2) is 11.0. The zero-order chi connectivity index (χ0) is 14.8. The lowest BCUT2D eigenvalue weighted by atomic mass is 9.97. The average Bonchev–Trinajstić information content (AvgIpc) is 2.47. The predicted molar refractivity (Wildman–Crippen MR) is 84.3 cm³/mol. The number of nitrogens with one attached hydrogen (secondary N) is 1. The number of nitro benzene ring substituents is 1. The van der Waals surface area contributed by atoms with Crippen LogP contribution in [0.15, 0.2) is 24.3 Å². The Morgan fingerprint density at radius 2 is 2.00 bits per heavy atom. The molecule has 1 fully saturated rings. The molecule has 0 spiro atoms. The van der Waals surface area contributed by atoms with Crippen molar-refractivity contribution < 1.29 is 9.72 Å². The number of rotatable bonds is 4. The van der Waals surface area contributed by atoms with Gasteiger partial charge in [0.25, 0.3) is 5.69 Å². The van der Waals surface area contributed by atoms with Gasteiger partial charge in [-0.15, -0.1) is 12.4 Å². The average molecular weight is 316 g/mol. The van der Waals surface area contributed by atoms with Gasteiger partial charge in [-0.1, -0.05) is 31.4 Å². The van der Waals surface area contributed by atoms with E-state index in [1.54, 1.807) is 12.1 Å². The van der Waals surface area contributed by atoms with Crippen LogP contribution in [0.2, 0.25) is 0 Å². The Hall–Kier alpha value is -1.66. The Labute approximate surface area is 130 Å². The van der Waals surface area contributed by atoms with Crippen LogP contribution in [0.25, 0.3) is 0 Å². The molecule has 1 amide bonds. The minimum Gasteiger partial charge on any atom is -0.355 e. The van der Waals surface area contributed by atoms with E-state index in [1.165, 1.54) is 44.2 Å². The maximum atomic E-state index is 10.3. The summed E-state index contributed by atoms with van der Waals surface area (Å²) in [4.78, 5) is 19.8. The van der Waals surface area contributed by atoms with Gasteiger partial charge in [0.1, 0.15) is 0 Å². The first-order valence-electron chi connectivity index (χ1n) is 6.79. The highest BCUT2D eigenvalue weighted by Gasteiger charge is 2.06. The largest absolute Gasteiger partial charge is 0.355 e. The van der Waals surface area contributed by atoms with Crippen LogP contribution in [0.1, 0.15) is 37.7 Å². The van der Waals surface area contributed by atoms with Gasteiger partial charge in [0.15, 0.2) is 0 Å². The van der Waals surface area contributed by atoms with Crippen molar-refractivity contribution in [2.45, 2.75) is 44.7 Å². The number of nitro groups is 1. The van der Waals surface area contributed by atoms with Crippen LogP contribution in [-0.2, 0) is 11.3 Å². The lowest BCUT2D eigenvalue weighted by Gasteiger charge is -2.15. The molecule has 0 heterocycles. The van der Waals surface area contributed by atoms with E-state index in [0.717, 1.165) is 0 Å². The third-order valence-electron chi connectivity index (χ3n) is 3.16. The number of non-ortho nitro benzene ring substituents is 1. The number of carbonyl (C=O) groups excluding carboxylic acids is 1. The minimum absolute atomic E-state index is 0. The summed E-state index contributed by atoms with van der Waals surface area (Å²) in [5.41, 5.74) is 6.38. The van der Waals surface area contributed by atoms with Crippen LogP contribution in [0.4, 0.5) is 5.69 Å². The van der Waals surface area contributed by atoms with E-state index in [4.69, 9.17) is 5.73 Å². The summed E-state index contributed by atoms with van der Waals surface area (Å²) >= 11 is 0. The molecule has 0 atom stereocenters. The Morgan fingerprint density at radius 1 is 1.33 bits per heavy atom. The summed E-state index contributed by atoms with van der Waals surface area (Å²) in [5.74, 6) is 0. The fourth-order valence-electron chi connectivity index (χ4n) is 2.07. The molecule has 3 N–H and O–H groups in total. The zero-order valence-electron chi connectivity index (χ0n) is 11.9. The number of nitrogens with two attached hydrogens (primary N) is 1. The van der Waals surface area contributed by atoms with E-state index >= 15 is 0 Å². The normalized spacial score (nSPS) is 14.1. The van der Waals surface area contributed by atoms with Crippen molar-refractivity contribution in [3.63, 3.8) is 0 Å². The highest BCUT2D eigenvalue weighted by molar-refractivity contribution is 5.85. The molecule has 0 radical (unpaired) electrons. The van der Waals surface area contributed by atoms with E-state index in [1.807, 2.05) is 0 Å². The quantitative estimate of drug-likeness (QED) is 0.506. The van der Waals surface area contributed by atoms with Crippen LogP contribution in [-0.4, -0.2) is 17.4 Å². The number of benzene rings is 1. The van der Waals surface area contributed by atoms with Gasteiger partial charge in [-0.25, -0.2) is 0 Å². The highest BCUT2D eigenvalue weighted by atomic mass is 35.5. The molecule has 1 aliphatic rings. The highest BCUT2D eigenvalue weighted by Crippen LogP contribution is 2.14. The summed E-state index contributed by atoms with van der Waals surface area (Å²) in [5, 5.41) is 12.8. The summed E-state index contributed by atoms with van der Waals surface area (Å²) in [7, 11) is 0. The summed E-state index contributed by atoms with van der Waals surface area (Å²) in [6, 6.07) is 6.67. The zero-order valence-corrected chi connectivity index (χ0v) is 12.7. The molecule has 7 heteroatoms. The monoisotopic (exact) mass is 315 g/mol. The van der Waals surface area contributed by atoms with E-state index in [9.17, 15) is 14.9 Å². The molecule has 1 aliphatic carbocycles. The first-order chi connectivity index (χ1) is 9.63. The van der Waals surface area contributed by atoms with Crippen LogP contribution in [0, 0.1) is 10.1 Å². The van der Waals surface area contributed by atoms with Crippen molar-refractivity contribution >= 4 is 24.5 Å². The molecule has 0 unspecified atom stereocenters. The van der Waals surface area contributed by atoms with Gasteiger partial charge < -0.3 is 11.1 Å². The molecule has 0 saturated heterocycles. The number of hydrogen-bond donors (Lipinski definition) is 2. The Bertz CT molecular complexity index is 437. The number of halogens is 1. The summed E-state index contributed by atoms with van der Waals surface area (Å²) in [6.07, 6.45) is 7.22. The molecule has 0 aromatic heterocycles. The third kappa shape index (κ3) is 8.27. The maximum Gasteiger partial charge on any atom is 0.269 e. The Morgan fingerprint density at radius 3 is 2.48 bits per heavy atom. The van der Waals surface area contributed by atoms with Gasteiger partial charge in [0.05, 0.1) is 4.92 Å². The van der Waals surface area contributed by atoms with Gasteiger partial charge in [-0.2, -0.15) is 0 Å². The fraction of sp³-hybridized carbons (Fsp3) is 0.500. The topological polar surface area (TPSA) is 98.3 Å². The Kier molecular flexibility index (Phi) is 10.2. The van der Waals surface area contributed by atoms with Gasteiger partial charge in [-0.05, 0) is 18.4 Å². The summed E-state index contributed by atoms with van der Waals surface area (Å²) < 4.78 is 0. The van der Waals surface area contributed by atoms with Crippen molar-refractivity contribution in [2.24, 2.45) is 5.73 Å². The Balaban J connectivity index is 0.000000425. The molecule has 0 aliphatic heterocycles. The first-order valence-corrected chi connectivity index (χ1v) is 6.79. The number of carbonyl (C=O) groups is 1. The molecule has 2 rings (SSSR count). The first kappa shape index (κ1) is 19.3. The standard InChI is InChI=1S/C8H8N2O3.C6H13N.ClH/c11-6-9-5-7-2-1-3-8(4-7)10(12)13;7-6-4-2-1-3-5-6;/h1-4,6H,5H2,(H,9,11);6H,1-5,7H2;1H. The van der Waals surface area contributed by atoms with E-state index in [-0.39, 0.29) is 18.1 Å². The minimum atomic E-state index is -0.468. The maximum absolute atomic E-state index is 10.3. The smallest absolute Gasteiger partial charge is 0.269 e. The molecule has 118 valence electrons. The van der Waals surface area contributed by atoms with Crippen molar-refractivity contribution in [2.75, 3.05) is 0 Å². The van der Waals surface area contributed by atoms with E-state index in [0.29, 0.717) is 24.6 Å². The molecule has 6 nitrogen and oxygen atoms in total. The number of amides is 1. The van der Waals surface area contributed by atoms with Crippen molar-refractivity contribution in [1.29, 1.82) is 0 Å². The van der Waals surface area contributed by atoms with Gasteiger partial charge in [0, 0.05) is 24.7 Å². The number of nitrogens with zero attached hydrogens (tertiary/aromatic N) is 1. The second-order valence-corrected chi connectivity index (χ2v) is 4.82. The SMILES string of the molecule is Cl.NC1CCCCC1.O=CNCc1cccc([N+](=O)[O-])c1. The van der Waals surface area contributed by atoms with Crippen molar-refractivity contribution in [3.05, 3.63) is 39.9 Å². The predicted octanol–water partition coefficient (Wildman–Crippen LogP) is 2.54. The van der Waals surface area contributed by atoms with Gasteiger partial charge >= 0.3 is 0 Å². The van der Waals surface area contributed by atoms with Crippen LogP contribution in [0.5, 0.6) is 0 Å². The lowest BCUT2D eigenvalue weighted by Crippen LogP contribution is -2.22. The molecular formula is C14H22ClN3O3. The van der Waals surface area contributed by atoms with Crippen LogP contribution >= 0.6 is 12.4 Å². The fourth-order valence-corrected chi connectivity index (χ4v) is 2.07. The summed E-state index contributed by atoms with van der Waals surface area (Å²) in [6.45, 7) is 0.311. The molecular weight excluding hydrogens is 294 g/mol. The second-order valence-electron chi connectivity index (χ2n) is 4.82. The van der Waals surface area contributed by atoms with E-state index < -0.39 is 4.92 Å². The molecule has 1 saturated carbocycles. The lowest BCUT2D eigenvalue weighted by molar-refractivity contribution is -0.384. The van der Waals surface area contributed by atoms with E-state index in [2.05, 4.69) is 5.32 Å². The third-order valence-corrected chi connectivity index (χ3v) is 3.16.